The van der Waals surface area contributed by atoms with Gasteiger partial charge in [0, 0.05) is 6.54 Å². The van der Waals surface area contributed by atoms with E-state index in [1.165, 1.54) is 42.8 Å². The summed E-state index contributed by atoms with van der Waals surface area (Å²) < 4.78 is 1.10. The van der Waals surface area contributed by atoms with Crippen molar-refractivity contribution in [3.05, 3.63) is 23.8 Å². The van der Waals surface area contributed by atoms with Crippen LogP contribution >= 0.6 is 22.9 Å². The molecule has 1 unspecified atom stereocenters. The number of nitrogens with one attached hydrogen (secondary N) is 1. The Morgan fingerprint density at radius 2 is 2.22 bits per heavy atom. The van der Waals surface area contributed by atoms with Crippen LogP contribution in [-0.4, -0.2) is 34.3 Å². The first kappa shape index (κ1) is 16.7. The zero-order valence-electron chi connectivity index (χ0n) is 13.5. The SMILES string of the molecule is CC1CCN(Cc2ccc3nc(NC(=O)C(C)Cl)sc3c2)CC1. The largest absolute Gasteiger partial charge is 0.301 e. The van der Waals surface area contributed by atoms with E-state index in [4.69, 9.17) is 11.6 Å². The van der Waals surface area contributed by atoms with Gasteiger partial charge in [0.2, 0.25) is 5.91 Å². The van der Waals surface area contributed by atoms with Gasteiger partial charge < -0.3 is 5.32 Å². The molecule has 0 radical (unpaired) electrons. The summed E-state index contributed by atoms with van der Waals surface area (Å²) in [5.41, 5.74) is 2.22. The lowest BCUT2D eigenvalue weighted by Crippen LogP contribution is -2.32. The maximum Gasteiger partial charge on any atom is 0.243 e. The Labute approximate surface area is 145 Å². The molecule has 0 aliphatic carbocycles. The van der Waals surface area contributed by atoms with Gasteiger partial charge in [-0.3, -0.25) is 9.69 Å². The number of carbonyl (C=O) groups is 1. The lowest BCUT2D eigenvalue weighted by Gasteiger charge is -2.30. The molecule has 3 rings (SSSR count). The van der Waals surface area contributed by atoms with Gasteiger partial charge in [0.15, 0.2) is 5.13 Å². The topological polar surface area (TPSA) is 45.2 Å². The number of amides is 1. The second-order valence-electron chi connectivity index (χ2n) is 6.39. The Balaban J connectivity index is 1.70. The Morgan fingerprint density at radius 1 is 1.48 bits per heavy atom. The Hall–Kier alpha value is -1.17. The first-order valence-electron chi connectivity index (χ1n) is 8.08. The van der Waals surface area contributed by atoms with E-state index in [9.17, 15) is 4.79 Å². The number of piperidine rings is 1. The Morgan fingerprint density at radius 3 is 2.91 bits per heavy atom. The van der Waals surface area contributed by atoms with E-state index in [0.717, 1.165) is 22.7 Å². The summed E-state index contributed by atoms with van der Waals surface area (Å²) in [5, 5.41) is 2.82. The van der Waals surface area contributed by atoms with Crippen LogP contribution in [0.25, 0.3) is 10.2 Å². The monoisotopic (exact) mass is 351 g/mol. The number of fused-ring (bicyclic) bond motifs is 1. The molecule has 2 heterocycles. The molecule has 1 fully saturated rings. The molecule has 6 heteroatoms. The average Bonchev–Trinajstić information content (AvgIpc) is 2.91. The van der Waals surface area contributed by atoms with Crippen LogP contribution in [0.15, 0.2) is 18.2 Å². The summed E-state index contributed by atoms with van der Waals surface area (Å²) in [4.78, 5) is 18.6. The van der Waals surface area contributed by atoms with E-state index in [1.807, 2.05) is 6.07 Å². The second kappa shape index (κ2) is 7.16. The number of thiazole rings is 1. The number of anilines is 1. The fraction of sp³-hybridized carbons (Fsp3) is 0.529. The van der Waals surface area contributed by atoms with Crippen LogP contribution in [0.5, 0.6) is 0 Å². The summed E-state index contributed by atoms with van der Waals surface area (Å²) >= 11 is 7.28. The first-order chi connectivity index (χ1) is 11.0. The first-order valence-corrected chi connectivity index (χ1v) is 9.33. The molecule has 1 aliphatic heterocycles. The minimum Gasteiger partial charge on any atom is -0.301 e. The molecular formula is C17H22ClN3OS. The zero-order valence-corrected chi connectivity index (χ0v) is 15.1. The third kappa shape index (κ3) is 4.22. The average molecular weight is 352 g/mol. The van der Waals surface area contributed by atoms with Crippen molar-refractivity contribution in [1.29, 1.82) is 0 Å². The number of benzene rings is 1. The number of likely N-dealkylation sites (tertiary alicyclic amines) is 1. The van der Waals surface area contributed by atoms with Crippen molar-refractivity contribution in [2.24, 2.45) is 5.92 Å². The number of rotatable bonds is 4. The molecule has 0 bridgehead atoms. The van der Waals surface area contributed by atoms with Gasteiger partial charge in [0.05, 0.1) is 10.2 Å². The molecule has 1 atom stereocenters. The summed E-state index contributed by atoms with van der Waals surface area (Å²) in [6, 6.07) is 6.36. The van der Waals surface area contributed by atoms with Crippen molar-refractivity contribution in [1.82, 2.24) is 9.88 Å². The van der Waals surface area contributed by atoms with Gasteiger partial charge in [0.1, 0.15) is 5.38 Å². The fourth-order valence-electron chi connectivity index (χ4n) is 2.80. The number of halogens is 1. The van der Waals surface area contributed by atoms with Crippen molar-refractivity contribution in [3.63, 3.8) is 0 Å². The number of nitrogens with zero attached hydrogens (tertiary/aromatic N) is 2. The van der Waals surface area contributed by atoms with Crippen LogP contribution in [0, 0.1) is 5.92 Å². The lowest BCUT2D eigenvalue weighted by atomic mass is 9.99. The highest BCUT2D eigenvalue weighted by Gasteiger charge is 2.16. The highest BCUT2D eigenvalue weighted by atomic mass is 35.5. The fourth-order valence-corrected chi connectivity index (χ4v) is 3.79. The molecule has 1 aromatic carbocycles. The Kier molecular flexibility index (Phi) is 5.19. The van der Waals surface area contributed by atoms with Crippen LogP contribution in [0.4, 0.5) is 5.13 Å². The van der Waals surface area contributed by atoms with E-state index < -0.39 is 5.38 Å². The molecule has 1 saturated heterocycles. The molecule has 1 amide bonds. The van der Waals surface area contributed by atoms with Gasteiger partial charge in [-0.15, -0.1) is 11.6 Å². The summed E-state index contributed by atoms with van der Waals surface area (Å²) in [5.74, 6) is 0.638. The minimum absolute atomic E-state index is 0.214. The van der Waals surface area contributed by atoms with Crippen molar-refractivity contribution in [2.75, 3.05) is 18.4 Å². The van der Waals surface area contributed by atoms with Gasteiger partial charge in [-0.2, -0.15) is 0 Å². The number of hydrogen-bond acceptors (Lipinski definition) is 4. The van der Waals surface area contributed by atoms with Gasteiger partial charge in [0.25, 0.3) is 0 Å². The van der Waals surface area contributed by atoms with Gasteiger partial charge >= 0.3 is 0 Å². The lowest BCUT2D eigenvalue weighted by molar-refractivity contribution is -0.115. The van der Waals surface area contributed by atoms with Crippen molar-refractivity contribution < 1.29 is 4.79 Å². The number of alkyl halides is 1. The zero-order chi connectivity index (χ0) is 16.4. The predicted molar refractivity (Wildman–Crippen MR) is 97.2 cm³/mol. The van der Waals surface area contributed by atoms with E-state index >= 15 is 0 Å². The molecule has 1 aliphatic rings. The number of hydrogen-bond donors (Lipinski definition) is 1. The van der Waals surface area contributed by atoms with Crippen molar-refractivity contribution >= 4 is 44.2 Å². The van der Waals surface area contributed by atoms with Crippen LogP contribution in [0.1, 0.15) is 32.3 Å². The van der Waals surface area contributed by atoms with Crippen LogP contribution < -0.4 is 5.32 Å². The van der Waals surface area contributed by atoms with Crippen molar-refractivity contribution in [3.8, 4) is 0 Å². The highest BCUT2D eigenvalue weighted by Crippen LogP contribution is 2.28. The smallest absolute Gasteiger partial charge is 0.243 e. The van der Waals surface area contributed by atoms with Crippen LogP contribution in [0.3, 0.4) is 0 Å². The van der Waals surface area contributed by atoms with E-state index in [-0.39, 0.29) is 5.91 Å². The molecule has 1 aromatic heterocycles. The summed E-state index contributed by atoms with van der Waals surface area (Å²) in [6.07, 6.45) is 2.57. The predicted octanol–water partition coefficient (Wildman–Crippen LogP) is 4.09. The highest BCUT2D eigenvalue weighted by molar-refractivity contribution is 7.22. The Bertz CT molecular complexity index is 692. The molecule has 23 heavy (non-hydrogen) atoms. The van der Waals surface area contributed by atoms with Crippen LogP contribution in [-0.2, 0) is 11.3 Å². The maximum atomic E-state index is 11.7. The van der Waals surface area contributed by atoms with Gasteiger partial charge in [-0.05, 0) is 56.5 Å². The quantitative estimate of drug-likeness (QED) is 0.844. The molecule has 0 saturated carbocycles. The van der Waals surface area contributed by atoms with Crippen LogP contribution in [0.2, 0.25) is 0 Å². The van der Waals surface area contributed by atoms with E-state index in [1.54, 1.807) is 6.92 Å². The molecule has 4 nitrogen and oxygen atoms in total. The normalized spacial score (nSPS) is 18.2. The molecule has 1 N–H and O–H groups in total. The second-order valence-corrected chi connectivity index (χ2v) is 8.07. The maximum absolute atomic E-state index is 11.7. The van der Waals surface area contributed by atoms with E-state index in [2.05, 4.69) is 34.3 Å². The van der Waals surface area contributed by atoms with E-state index in [0.29, 0.717) is 5.13 Å². The third-order valence-electron chi connectivity index (χ3n) is 4.33. The third-order valence-corrected chi connectivity index (χ3v) is 5.46. The molecular weight excluding hydrogens is 330 g/mol. The minimum atomic E-state index is -0.556. The van der Waals surface area contributed by atoms with Gasteiger partial charge in [-0.1, -0.05) is 24.3 Å². The summed E-state index contributed by atoms with van der Waals surface area (Å²) in [6.45, 7) is 7.33. The molecule has 124 valence electrons. The van der Waals surface area contributed by atoms with Gasteiger partial charge in [-0.25, -0.2) is 4.98 Å². The number of aromatic nitrogens is 1. The molecule has 0 spiro atoms. The molecule has 2 aromatic rings. The van der Waals surface area contributed by atoms with Crippen molar-refractivity contribution in [2.45, 2.75) is 38.6 Å². The standard InChI is InChI=1S/C17H22ClN3OS/c1-11-5-7-21(8-6-11)10-13-3-4-14-15(9-13)23-17(19-14)20-16(22)12(2)18/h3-4,9,11-12H,5-8,10H2,1-2H3,(H,19,20,22). The number of carbonyl (C=O) groups excluding carboxylic acids is 1. The summed E-state index contributed by atoms with van der Waals surface area (Å²) in [7, 11) is 0.